The summed E-state index contributed by atoms with van der Waals surface area (Å²) in [4.78, 5) is 35.9. The first-order valence-corrected chi connectivity index (χ1v) is 3.70. The second-order valence-corrected chi connectivity index (χ2v) is 2.52. The number of phosphoric ester groups is 1. The quantitative estimate of drug-likeness (QED) is 0.380. The van der Waals surface area contributed by atoms with Crippen molar-refractivity contribution in [1.82, 2.24) is 5.32 Å². The van der Waals surface area contributed by atoms with Gasteiger partial charge in [0.25, 0.3) is 0 Å². The Morgan fingerprint density at radius 2 is 1.91 bits per heavy atom. The number of hydrogen-bond acceptors (Lipinski definition) is 4. The van der Waals surface area contributed by atoms with Crippen LogP contribution in [0.5, 0.6) is 0 Å². The monoisotopic (exact) mass is 184 g/mol. The van der Waals surface area contributed by atoms with Gasteiger partial charge >= 0.3 is 19.9 Å². The maximum Gasteiger partial charge on any atom is 0.528 e. The molecule has 8 nitrogen and oxygen atoms in total. The number of primary amides is 1. The minimum Gasteiger partial charge on any atom is -0.353 e. The largest absolute Gasteiger partial charge is 0.528 e. The molecule has 3 amide bonds. The molecule has 0 heterocycles. The molecule has 0 atom stereocenters. The summed E-state index contributed by atoms with van der Waals surface area (Å²) < 4.78 is 13.2. The van der Waals surface area contributed by atoms with Gasteiger partial charge in [-0.3, -0.25) is 9.79 Å². The maximum atomic E-state index is 10.1. The van der Waals surface area contributed by atoms with Crippen LogP contribution in [-0.4, -0.2) is 21.9 Å². The molecule has 0 aromatic heterocycles. The molecule has 0 aromatic carbocycles. The Labute approximate surface area is 60.6 Å². The number of imide groups is 1. The van der Waals surface area contributed by atoms with Crippen molar-refractivity contribution in [2.24, 2.45) is 5.73 Å². The van der Waals surface area contributed by atoms with Crippen molar-refractivity contribution >= 4 is 19.9 Å². The van der Waals surface area contributed by atoms with Crippen molar-refractivity contribution in [2.75, 3.05) is 0 Å². The van der Waals surface area contributed by atoms with Crippen LogP contribution >= 0.6 is 7.82 Å². The molecule has 11 heavy (non-hydrogen) atoms. The first-order valence-electron chi connectivity index (χ1n) is 2.17. The summed E-state index contributed by atoms with van der Waals surface area (Å²) in [6.07, 6.45) is -1.59. The standard InChI is InChI=1S/C2H5N2O6P/c3-1(5)4-2(6)10-11(7,8)9/h(H2,7,8,9)(H3,3,4,5,6). The van der Waals surface area contributed by atoms with E-state index in [-0.39, 0.29) is 0 Å². The highest BCUT2D eigenvalue weighted by molar-refractivity contribution is 7.46. The van der Waals surface area contributed by atoms with Gasteiger partial charge in [0.2, 0.25) is 0 Å². The lowest BCUT2D eigenvalue weighted by molar-refractivity contribution is 0.177. The molecule has 0 bridgehead atoms. The smallest absolute Gasteiger partial charge is 0.353 e. The van der Waals surface area contributed by atoms with Crippen molar-refractivity contribution in [2.45, 2.75) is 0 Å². The number of amides is 3. The predicted molar refractivity (Wildman–Crippen MR) is 31.2 cm³/mol. The van der Waals surface area contributed by atoms with Gasteiger partial charge in [-0.2, -0.15) is 0 Å². The molecule has 5 N–H and O–H groups in total. The Morgan fingerprint density at radius 1 is 1.45 bits per heavy atom. The molecular formula is C2H5N2O6P. The fourth-order valence-electron chi connectivity index (χ4n) is 0.231. The molecule has 0 saturated carbocycles. The van der Waals surface area contributed by atoms with Crippen molar-refractivity contribution in [3.8, 4) is 0 Å². The molecule has 0 rings (SSSR count). The summed E-state index contributed by atoms with van der Waals surface area (Å²) in [5, 5.41) is 1.28. The van der Waals surface area contributed by atoms with Crippen LogP contribution in [0.3, 0.4) is 0 Å². The van der Waals surface area contributed by atoms with Gasteiger partial charge in [-0.25, -0.2) is 19.5 Å². The van der Waals surface area contributed by atoms with Crippen molar-refractivity contribution in [3.05, 3.63) is 0 Å². The van der Waals surface area contributed by atoms with E-state index in [9.17, 15) is 14.2 Å². The van der Waals surface area contributed by atoms with E-state index in [1.807, 2.05) is 0 Å². The van der Waals surface area contributed by atoms with E-state index in [1.54, 1.807) is 0 Å². The van der Waals surface area contributed by atoms with E-state index in [2.05, 4.69) is 10.3 Å². The lowest BCUT2D eigenvalue weighted by Crippen LogP contribution is -2.34. The Morgan fingerprint density at radius 3 is 2.18 bits per heavy atom. The molecule has 0 aliphatic rings. The highest BCUT2D eigenvalue weighted by Crippen LogP contribution is 2.35. The van der Waals surface area contributed by atoms with Crippen LogP contribution in [0.15, 0.2) is 0 Å². The average Bonchev–Trinajstić information content (AvgIpc) is 1.53. The third-order valence-electron chi connectivity index (χ3n) is 0.427. The molecule has 0 spiro atoms. The van der Waals surface area contributed by atoms with Gasteiger partial charge in [0.15, 0.2) is 0 Å². The fraction of sp³-hybridized carbons (Fsp3) is 0. The van der Waals surface area contributed by atoms with Gasteiger partial charge in [-0.15, -0.1) is 0 Å². The minimum absolute atomic E-state index is 1.26. The fourth-order valence-corrected chi connectivity index (χ4v) is 0.493. The number of hydrogen-bond donors (Lipinski definition) is 4. The van der Waals surface area contributed by atoms with E-state index >= 15 is 0 Å². The molecule has 0 saturated heterocycles. The van der Waals surface area contributed by atoms with E-state index in [1.165, 1.54) is 5.32 Å². The zero-order valence-corrected chi connectivity index (χ0v) is 5.95. The second kappa shape index (κ2) is 3.33. The van der Waals surface area contributed by atoms with Crippen molar-refractivity contribution in [1.29, 1.82) is 0 Å². The van der Waals surface area contributed by atoms with Gasteiger partial charge in [-0.1, -0.05) is 0 Å². The number of rotatable bonds is 1. The van der Waals surface area contributed by atoms with Crippen LogP contribution < -0.4 is 11.1 Å². The summed E-state index contributed by atoms with van der Waals surface area (Å²) in [5.41, 5.74) is 4.41. The van der Waals surface area contributed by atoms with Crippen LogP contribution in [0.25, 0.3) is 0 Å². The molecule has 0 fully saturated rings. The Hall–Kier alpha value is -1.11. The number of nitrogens with two attached hydrogens (primary N) is 1. The predicted octanol–water partition coefficient (Wildman–Crippen LogP) is -1.12. The first kappa shape index (κ1) is 9.89. The average molecular weight is 184 g/mol. The summed E-state index contributed by atoms with van der Waals surface area (Å²) in [7, 11) is -4.90. The van der Waals surface area contributed by atoms with Gasteiger partial charge in [0.1, 0.15) is 0 Å². The van der Waals surface area contributed by atoms with E-state index in [4.69, 9.17) is 9.79 Å². The number of urea groups is 1. The van der Waals surface area contributed by atoms with Crippen molar-refractivity contribution < 1.29 is 28.5 Å². The van der Waals surface area contributed by atoms with Gasteiger partial charge in [0.05, 0.1) is 0 Å². The lowest BCUT2D eigenvalue weighted by atomic mass is 11.0. The number of phosphoric acid groups is 1. The summed E-state index contributed by atoms with van der Waals surface area (Å²) in [5.74, 6) is 0. The topological polar surface area (TPSA) is 139 Å². The van der Waals surface area contributed by atoms with Crippen LogP contribution in [0.1, 0.15) is 0 Å². The molecule has 0 aliphatic heterocycles. The molecule has 9 heteroatoms. The Bertz CT molecular complexity index is 219. The Kier molecular flexibility index (Phi) is 2.99. The Balaban J connectivity index is 3.90. The number of nitrogens with one attached hydrogen (secondary N) is 1. The SMILES string of the molecule is NC(=O)NC(=O)OP(=O)(O)O. The number of carbonyl (C=O) groups excluding carboxylic acids is 2. The van der Waals surface area contributed by atoms with E-state index in [0.29, 0.717) is 0 Å². The van der Waals surface area contributed by atoms with Gasteiger partial charge < -0.3 is 10.3 Å². The summed E-state index contributed by atoms with van der Waals surface area (Å²) in [6, 6.07) is -1.26. The van der Waals surface area contributed by atoms with Crippen LogP contribution in [0.4, 0.5) is 9.59 Å². The van der Waals surface area contributed by atoms with Gasteiger partial charge in [-0.05, 0) is 0 Å². The summed E-state index contributed by atoms with van der Waals surface area (Å²) in [6.45, 7) is 0. The van der Waals surface area contributed by atoms with Crippen LogP contribution in [-0.2, 0) is 9.09 Å². The summed E-state index contributed by atoms with van der Waals surface area (Å²) >= 11 is 0. The molecule has 0 aliphatic carbocycles. The van der Waals surface area contributed by atoms with Crippen LogP contribution in [0, 0.1) is 0 Å². The first-order chi connectivity index (χ1) is 4.81. The number of carbonyl (C=O) groups is 2. The molecule has 64 valence electrons. The zero-order valence-electron chi connectivity index (χ0n) is 5.05. The normalized spacial score (nSPS) is 10.4. The van der Waals surface area contributed by atoms with Crippen molar-refractivity contribution in [3.63, 3.8) is 0 Å². The molecular weight excluding hydrogens is 179 g/mol. The highest BCUT2D eigenvalue weighted by atomic mass is 31.2. The van der Waals surface area contributed by atoms with Crippen LogP contribution in [0.2, 0.25) is 0 Å². The second-order valence-electron chi connectivity index (χ2n) is 1.36. The van der Waals surface area contributed by atoms with E-state index < -0.39 is 19.9 Å². The van der Waals surface area contributed by atoms with Gasteiger partial charge in [0, 0.05) is 0 Å². The zero-order chi connectivity index (χ0) is 9.07. The highest BCUT2D eigenvalue weighted by Gasteiger charge is 2.20. The molecule has 0 radical (unpaired) electrons. The third kappa shape index (κ3) is 6.78. The molecule has 0 unspecified atom stereocenters. The third-order valence-corrected chi connectivity index (χ3v) is 0.831. The maximum absolute atomic E-state index is 10.1. The molecule has 0 aromatic rings. The van der Waals surface area contributed by atoms with E-state index in [0.717, 1.165) is 0 Å². The lowest BCUT2D eigenvalue weighted by Gasteiger charge is -2.03. The minimum atomic E-state index is -4.90.